The zero-order valence-corrected chi connectivity index (χ0v) is 15.7. The topological polar surface area (TPSA) is 47.4 Å². The molecule has 5 heteroatoms. The number of hydrogen-bond acceptors (Lipinski definition) is 4. The monoisotopic (exact) mass is 361 g/mol. The highest BCUT2D eigenvalue weighted by atomic mass is 16.7. The van der Waals surface area contributed by atoms with Gasteiger partial charge in [-0.15, -0.1) is 0 Å². The molecule has 0 N–H and O–H groups in total. The van der Waals surface area contributed by atoms with Gasteiger partial charge in [0.15, 0.2) is 0 Å². The van der Waals surface area contributed by atoms with E-state index in [-0.39, 0.29) is 24.0 Å². The average Bonchev–Trinajstić information content (AvgIpc) is 3.21. The van der Waals surface area contributed by atoms with E-state index in [1.165, 1.54) is 4.68 Å². The van der Waals surface area contributed by atoms with Crippen LogP contribution in [0.5, 0.6) is 0 Å². The number of carbonyl (C=O) groups excluding carboxylic acids is 1. The maximum Gasteiger partial charge on any atom is 0.255 e. The number of hydrogen-bond donors (Lipinski definition) is 0. The van der Waals surface area contributed by atoms with E-state index in [2.05, 4.69) is 5.10 Å². The maximum atomic E-state index is 13.4. The van der Waals surface area contributed by atoms with Crippen molar-refractivity contribution in [3.05, 3.63) is 83.7 Å². The molecule has 1 saturated heterocycles. The minimum atomic E-state index is -0.370. The molecule has 138 valence electrons. The van der Waals surface area contributed by atoms with Gasteiger partial charge in [0.2, 0.25) is 0 Å². The normalized spacial score (nSPS) is 22.2. The van der Waals surface area contributed by atoms with E-state index in [9.17, 15) is 4.79 Å². The number of anilines is 1. The Balaban J connectivity index is 1.79. The molecule has 3 aromatic rings. The average molecular weight is 361 g/mol. The van der Waals surface area contributed by atoms with E-state index in [1.54, 1.807) is 0 Å². The van der Waals surface area contributed by atoms with Crippen LogP contribution in [0.15, 0.2) is 66.7 Å². The molecule has 0 unspecified atom stereocenters. The van der Waals surface area contributed by atoms with Crippen LogP contribution in [-0.2, 0) is 4.84 Å². The van der Waals surface area contributed by atoms with Gasteiger partial charge in [0, 0.05) is 5.69 Å². The third-order valence-electron chi connectivity index (χ3n) is 5.03. The summed E-state index contributed by atoms with van der Waals surface area (Å²) in [7, 11) is 0. The second-order valence-corrected chi connectivity index (χ2v) is 7.03. The minimum Gasteiger partial charge on any atom is -0.272 e. The first-order chi connectivity index (χ1) is 13.1. The lowest BCUT2D eigenvalue weighted by Gasteiger charge is -2.27. The molecular weight excluding hydrogens is 338 g/mol. The number of carbonyl (C=O) groups is 1. The fourth-order valence-electron chi connectivity index (χ4n) is 3.83. The van der Waals surface area contributed by atoms with Gasteiger partial charge < -0.3 is 0 Å². The summed E-state index contributed by atoms with van der Waals surface area (Å²) in [6.45, 7) is 5.76. The smallest absolute Gasteiger partial charge is 0.255 e. The fourth-order valence-corrected chi connectivity index (χ4v) is 3.83. The first-order valence-electron chi connectivity index (χ1n) is 9.20. The van der Waals surface area contributed by atoms with Crippen molar-refractivity contribution < 1.29 is 9.63 Å². The molecule has 27 heavy (non-hydrogen) atoms. The van der Waals surface area contributed by atoms with Crippen molar-refractivity contribution in [1.29, 1.82) is 0 Å². The summed E-state index contributed by atoms with van der Waals surface area (Å²) in [5.41, 5.74) is 3.66. The van der Waals surface area contributed by atoms with E-state index >= 15 is 0 Å². The van der Waals surface area contributed by atoms with Gasteiger partial charge >= 0.3 is 0 Å². The van der Waals surface area contributed by atoms with Crippen LogP contribution in [0.3, 0.4) is 0 Å². The molecule has 0 saturated carbocycles. The lowest BCUT2D eigenvalue weighted by atomic mass is 9.89. The Morgan fingerprint density at radius 2 is 1.63 bits per heavy atom. The second-order valence-electron chi connectivity index (χ2n) is 7.03. The summed E-state index contributed by atoms with van der Waals surface area (Å²) in [4.78, 5) is 19.6. The van der Waals surface area contributed by atoms with Gasteiger partial charge in [0.25, 0.3) is 5.91 Å². The standard InChI is InChI=1S/C22H23N3O2/c1-15-14-16(2)24(23-15)22(26)20-17(3)27-25(19-12-8-5-9-13-19)21(20)18-10-6-4-7-11-18/h4-14,17,20-21H,1-3H3/t17-,20+,21-/m0/s1. The number of aromatic nitrogens is 2. The molecule has 0 amide bonds. The second kappa shape index (κ2) is 7.00. The molecule has 0 radical (unpaired) electrons. The zero-order chi connectivity index (χ0) is 19.0. The lowest BCUT2D eigenvalue weighted by molar-refractivity contribution is 0.0617. The van der Waals surface area contributed by atoms with Gasteiger partial charge in [-0.3, -0.25) is 9.63 Å². The van der Waals surface area contributed by atoms with Crippen molar-refractivity contribution in [2.45, 2.75) is 32.9 Å². The first-order valence-corrected chi connectivity index (χ1v) is 9.20. The predicted octanol–water partition coefficient (Wildman–Crippen LogP) is 4.34. The van der Waals surface area contributed by atoms with E-state index in [1.807, 2.05) is 92.6 Å². The van der Waals surface area contributed by atoms with Gasteiger partial charge in [-0.05, 0) is 44.5 Å². The van der Waals surface area contributed by atoms with Crippen molar-refractivity contribution in [3.63, 3.8) is 0 Å². The molecule has 0 aliphatic carbocycles. The van der Waals surface area contributed by atoms with E-state index < -0.39 is 0 Å². The Labute approximate surface area is 159 Å². The molecule has 4 rings (SSSR count). The highest BCUT2D eigenvalue weighted by Gasteiger charge is 2.47. The Morgan fingerprint density at radius 3 is 2.22 bits per heavy atom. The van der Waals surface area contributed by atoms with E-state index in [4.69, 9.17) is 4.84 Å². The molecule has 1 aliphatic rings. The van der Waals surface area contributed by atoms with Crippen LogP contribution in [-0.4, -0.2) is 21.8 Å². The Kier molecular flexibility index (Phi) is 4.54. The van der Waals surface area contributed by atoms with Crippen molar-refractivity contribution in [2.75, 3.05) is 5.06 Å². The first kappa shape index (κ1) is 17.5. The van der Waals surface area contributed by atoms with Crippen LogP contribution in [0.2, 0.25) is 0 Å². The Hall–Kier alpha value is -2.92. The molecule has 0 bridgehead atoms. The highest BCUT2D eigenvalue weighted by molar-refractivity contribution is 5.84. The third-order valence-corrected chi connectivity index (χ3v) is 5.03. The van der Waals surface area contributed by atoms with E-state index in [0.717, 1.165) is 22.6 Å². The predicted molar refractivity (Wildman–Crippen MR) is 104 cm³/mol. The molecular formula is C22H23N3O2. The van der Waals surface area contributed by atoms with Crippen LogP contribution in [0.1, 0.15) is 34.7 Å². The van der Waals surface area contributed by atoms with Crippen LogP contribution >= 0.6 is 0 Å². The molecule has 5 nitrogen and oxygen atoms in total. The van der Waals surface area contributed by atoms with Gasteiger partial charge in [-0.1, -0.05) is 48.5 Å². The van der Waals surface area contributed by atoms with Crippen molar-refractivity contribution in [2.24, 2.45) is 5.92 Å². The molecule has 1 aliphatic heterocycles. The summed E-state index contributed by atoms with van der Waals surface area (Å²) in [6, 6.07) is 21.7. The number of benzene rings is 2. The summed E-state index contributed by atoms with van der Waals surface area (Å²) in [5, 5.41) is 6.28. The number of hydroxylamine groups is 1. The van der Waals surface area contributed by atoms with Crippen LogP contribution in [0.25, 0.3) is 0 Å². The number of nitrogens with zero attached hydrogens (tertiary/aromatic N) is 3. The highest BCUT2D eigenvalue weighted by Crippen LogP contribution is 2.43. The summed E-state index contributed by atoms with van der Waals surface area (Å²) < 4.78 is 1.52. The summed E-state index contributed by atoms with van der Waals surface area (Å²) in [6.07, 6.45) is -0.271. The Morgan fingerprint density at radius 1 is 1.00 bits per heavy atom. The van der Waals surface area contributed by atoms with Crippen molar-refractivity contribution in [1.82, 2.24) is 9.78 Å². The minimum absolute atomic E-state index is 0.0413. The largest absolute Gasteiger partial charge is 0.272 e. The van der Waals surface area contributed by atoms with Gasteiger partial charge in [0.05, 0.1) is 29.4 Å². The van der Waals surface area contributed by atoms with Crippen LogP contribution in [0.4, 0.5) is 5.69 Å². The van der Waals surface area contributed by atoms with Crippen LogP contribution in [0, 0.1) is 19.8 Å². The molecule has 1 fully saturated rings. The van der Waals surface area contributed by atoms with Gasteiger partial charge in [-0.25, -0.2) is 9.75 Å². The number of para-hydroxylation sites is 1. The third kappa shape index (κ3) is 3.15. The molecule has 1 aromatic heterocycles. The SMILES string of the molecule is Cc1cc(C)n(C(=O)[C@@H]2[C@H](C)ON(c3ccccc3)[C@H]2c2ccccc2)n1. The zero-order valence-electron chi connectivity index (χ0n) is 15.7. The molecule has 2 heterocycles. The van der Waals surface area contributed by atoms with Crippen molar-refractivity contribution >= 4 is 11.6 Å². The number of rotatable bonds is 3. The fraction of sp³-hybridized carbons (Fsp3) is 0.273. The lowest BCUT2D eigenvalue weighted by Crippen LogP contribution is -2.33. The summed E-state index contributed by atoms with van der Waals surface area (Å²) >= 11 is 0. The van der Waals surface area contributed by atoms with Crippen LogP contribution < -0.4 is 5.06 Å². The molecule has 0 spiro atoms. The Bertz CT molecular complexity index is 937. The van der Waals surface area contributed by atoms with Gasteiger partial charge in [-0.2, -0.15) is 5.10 Å². The molecule has 2 aromatic carbocycles. The number of aryl methyl sites for hydroxylation is 2. The quantitative estimate of drug-likeness (QED) is 0.696. The van der Waals surface area contributed by atoms with Gasteiger partial charge in [0.1, 0.15) is 0 Å². The van der Waals surface area contributed by atoms with Crippen molar-refractivity contribution in [3.8, 4) is 0 Å². The maximum absolute atomic E-state index is 13.4. The molecule has 3 atom stereocenters. The van der Waals surface area contributed by atoms with E-state index in [0.29, 0.717) is 0 Å². The summed E-state index contributed by atoms with van der Waals surface area (Å²) in [5.74, 6) is -0.411.